The van der Waals surface area contributed by atoms with Crippen molar-refractivity contribution in [3.63, 3.8) is 0 Å². The molecule has 0 bridgehead atoms. The van der Waals surface area contributed by atoms with Gasteiger partial charge in [0.05, 0.1) is 29.5 Å². The summed E-state index contributed by atoms with van der Waals surface area (Å²) >= 11 is 0. The highest BCUT2D eigenvalue weighted by molar-refractivity contribution is 5.84. The standard InChI is InChI=1S/C29H35N3O4/c1-28-15-25(33)19-13-22-26(34)27(35)24(32(2)3)14-29(22,36)10-8-18(19)21(28)7-6-20(28)17-5-4-16-9-11-30-31-23(16)12-17/h4-6,9,11-13,21,24-27,33-36H,7-8,10,14-15H2,1-3H3. The number of likely N-dealkylation sites (N-methyl/N-ethyl adjacent to an activating group) is 1. The molecule has 7 heteroatoms. The van der Waals surface area contributed by atoms with Crippen molar-refractivity contribution in [3.05, 3.63) is 64.9 Å². The van der Waals surface area contributed by atoms with Gasteiger partial charge in [-0.15, -0.1) is 0 Å². The molecule has 7 nitrogen and oxygen atoms in total. The first-order valence-electron chi connectivity index (χ1n) is 12.9. The van der Waals surface area contributed by atoms with Gasteiger partial charge in [-0.3, -0.25) is 0 Å². The SMILES string of the molecule is CN(C)C1CC2(O)CCC3=C(C=C2C(O)C1O)C(O)CC1(C)C(c2ccc4ccnnc4c2)=CCC31. The molecule has 1 heterocycles. The lowest BCUT2D eigenvalue weighted by atomic mass is 9.61. The zero-order valence-electron chi connectivity index (χ0n) is 21.1. The zero-order valence-corrected chi connectivity index (χ0v) is 21.1. The fourth-order valence-electron chi connectivity index (χ4n) is 7.44. The van der Waals surface area contributed by atoms with Crippen LogP contribution in [0.15, 0.2) is 59.3 Å². The maximum absolute atomic E-state index is 11.7. The first-order valence-corrected chi connectivity index (χ1v) is 12.9. The molecule has 4 aliphatic carbocycles. The number of aliphatic hydroxyl groups excluding tert-OH is 3. The highest BCUT2D eigenvalue weighted by atomic mass is 16.3. The summed E-state index contributed by atoms with van der Waals surface area (Å²) in [5, 5.41) is 54.4. The summed E-state index contributed by atoms with van der Waals surface area (Å²) < 4.78 is 0. The smallest absolute Gasteiger partial charge is 0.105 e. The summed E-state index contributed by atoms with van der Waals surface area (Å²) in [5.74, 6) is 0.204. The van der Waals surface area contributed by atoms with Crippen LogP contribution < -0.4 is 0 Å². The van der Waals surface area contributed by atoms with Crippen LogP contribution in [0.4, 0.5) is 0 Å². The van der Waals surface area contributed by atoms with E-state index in [2.05, 4.69) is 41.4 Å². The summed E-state index contributed by atoms with van der Waals surface area (Å²) in [6.07, 6.45) is 5.82. The summed E-state index contributed by atoms with van der Waals surface area (Å²) in [4.78, 5) is 1.87. The molecule has 6 rings (SSSR count). The largest absolute Gasteiger partial charge is 0.388 e. The van der Waals surface area contributed by atoms with E-state index in [0.29, 0.717) is 31.3 Å². The number of benzene rings is 1. The van der Waals surface area contributed by atoms with E-state index in [4.69, 9.17) is 0 Å². The van der Waals surface area contributed by atoms with E-state index < -0.39 is 23.9 Å². The van der Waals surface area contributed by atoms with Crippen molar-refractivity contribution in [2.24, 2.45) is 11.3 Å². The number of hydrogen-bond donors (Lipinski definition) is 4. The molecule has 190 valence electrons. The van der Waals surface area contributed by atoms with E-state index in [1.54, 1.807) is 6.20 Å². The van der Waals surface area contributed by atoms with Gasteiger partial charge in [-0.2, -0.15) is 10.2 Å². The van der Waals surface area contributed by atoms with Crippen LogP contribution in [0, 0.1) is 11.3 Å². The van der Waals surface area contributed by atoms with E-state index >= 15 is 0 Å². The fourth-order valence-corrected chi connectivity index (χ4v) is 7.44. The molecule has 4 N–H and O–H groups in total. The normalized spacial score (nSPS) is 38.3. The molecule has 0 saturated heterocycles. The number of allylic oxidation sites excluding steroid dienone is 3. The van der Waals surface area contributed by atoms with Crippen LogP contribution >= 0.6 is 0 Å². The van der Waals surface area contributed by atoms with Gasteiger partial charge in [-0.25, -0.2) is 0 Å². The number of nitrogens with zero attached hydrogens (tertiary/aromatic N) is 3. The topological polar surface area (TPSA) is 110 Å². The minimum atomic E-state index is -1.22. The van der Waals surface area contributed by atoms with E-state index in [1.165, 1.54) is 11.1 Å². The number of fused-ring (bicyclic) bond motifs is 4. The molecule has 0 amide bonds. The van der Waals surface area contributed by atoms with Gasteiger partial charge in [0.15, 0.2) is 0 Å². The third kappa shape index (κ3) is 3.45. The molecule has 7 atom stereocenters. The number of aromatic nitrogens is 2. The number of hydrogen-bond acceptors (Lipinski definition) is 7. The fraction of sp³-hybridized carbons (Fsp3) is 0.517. The zero-order chi connectivity index (χ0) is 25.4. The van der Waals surface area contributed by atoms with Gasteiger partial charge in [-0.1, -0.05) is 36.8 Å². The third-order valence-corrected chi connectivity index (χ3v) is 9.44. The molecule has 7 unspecified atom stereocenters. The first-order chi connectivity index (χ1) is 17.1. The Morgan fingerprint density at radius 2 is 1.89 bits per heavy atom. The minimum absolute atomic E-state index is 0.204. The van der Waals surface area contributed by atoms with Crippen LogP contribution in [0.5, 0.6) is 0 Å². The average Bonchev–Trinajstić information content (AvgIpc) is 3.10. The average molecular weight is 490 g/mol. The van der Waals surface area contributed by atoms with Crippen LogP contribution in [-0.2, 0) is 0 Å². The quantitative estimate of drug-likeness (QED) is 0.513. The second-order valence-corrected chi connectivity index (χ2v) is 11.6. The van der Waals surface area contributed by atoms with Gasteiger partial charge < -0.3 is 25.3 Å². The van der Waals surface area contributed by atoms with Crippen molar-refractivity contribution in [2.75, 3.05) is 14.1 Å². The number of aliphatic hydroxyl groups is 4. The first kappa shape index (κ1) is 23.9. The number of rotatable bonds is 2. The Morgan fingerprint density at radius 3 is 2.67 bits per heavy atom. The Hall–Kier alpha value is -2.42. The lowest BCUT2D eigenvalue weighted by molar-refractivity contribution is -0.0922. The molecule has 0 spiro atoms. The van der Waals surface area contributed by atoms with Crippen LogP contribution in [-0.4, -0.2) is 79.6 Å². The van der Waals surface area contributed by atoms with Crippen molar-refractivity contribution in [1.82, 2.24) is 15.1 Å². The Morgan fingerprint density at radius 1 is 1.08 bits per heavy atom. The minimum Gasteiger partial charge on any atom is -0.388 e. The van der Waals surface area contributed by atoms with Crippen LogP contribution in [0.1, 0.15) is 44.6 Å². The molecular weight excluding hydrogens is 454 g/mol. The summed E-state index contributed by atoms with van der Waals surface area (Å²) in [6.45, 7) is 2.24. The Kier molecular flexibility index (Phi) is 5.52. The van der Waals surface area contributed by atoms with Crippen molar-refractivity contribution in [1.29, 1.82) is 0 Å². The molecule has 2 aromatic rings. The Balaban J connectivity index is 1.38. The van der Waals surface area contributed by atoms with Crippen molar-refractivity contribution in [3.8, 4) is 0 Å². The Labute approximate surface area is 211 Å². The molecule has 0 radical (unpaired) electrons. The van der Waals surface area contributed by atoms with E-state index in [-0.39, 0.29) is 17.4 Å². The van der Waals surface area contributed by atoms with Crippen molar-refractivity contribution < 1.29 is 20.4 Å². The molecule has 36 heavy (non-hydrogen) atoms. The maximum Gasteiger partial charge on any atom is 0.105 e. The molecule has 4 aliphatic rings. The molecule has 1 saturated carbocycles. The summed E-state index contributed by atoms with van der Waals surface area (Å²) in [5.41, 5.74) is 4.14. The van der Waals surface area contributed by atoms with Gasteiger partial charge in [0.1, 0.15) is 6.10 Å². The van der Waals surface area contributed by atoms with Gasteiger partial charge >= 0.3 is 0 Å². The van der Waals surface area contributed by atoms with E-state index in [1.807, 2.05) is 31.1 Å². The van der Waals surface area contributed by atoms with Gasteiger partial charge in [0.25, 0.3) is 0 Å². The third-order valence-electron chi connectivity index (χ3n) is 9.44. The Bertz CT molecular complexity index is 1320. The predicted octanol–water partition coefficient (Wildman–Crippen LogP) is 2.61. The molecule has 1 aromatic carbocycles. The van der Waals surface area contributed by atoms with Gasteiger partial charge in [-0.05, 0) is 86.5 Å². The summed E-state index contributed by atoms with van der Waals surface area (Å²) in [6, 6.07) is 7.90. The van der Waals surface area contributed by atoms with Crippen molar-refractivity contribution >= 4 is 16.5 Å². The lowest BCUT2D eigenvalue weighted by Gasteiger charge is -2.46. The van der Waals surface area contributed by atoms with E-state index in [0.717, 1.165) is 28.5 Å². The lowest BCUT2D eigenvalue weighted by Crippen LogP contribution is -2.58. The highest BCUT2D eigenvalue weighted by Crippen LogP contribution is 2.60. The van der Waals surface area contributed by atoms with Crippen molar-refractivity contribution in [2.45, 2.75) is 69.0 Å². The summed E-state index contributed by atoms with van der Waals surface area (Å²) in [7, 11) is 3.72. The van der Waals surface area contributed by atoms with Gasteiger partial charge in [0.2, 0.25) is 0 Å². The van der Waals surface area contributed by atoms with E-state index in [9.17, 15) is 20.4 Å². The molecule has 1 fully saturated rings. The molecule has 1 aromatic heterocycles. The second-order valence-electron chi connectivity index (χ2n) is 11.6. The predicted molar refractivity (Wildman–Crippen MR) is 138 cm³/mol. The molecule has 0 aliphatic heterocycles. The highest BCUT2D eigenvalue weighted by Gasteiger charge is 2.53. The van der Waals surface area contributed by atoms with Crippen LogP contribution in [0.3, 0.4) is 0 Å². The second kappa shape index (κ2) is 8.30. The van der Waals surface area contributed by atoms with Crippen LogP contribution in [0.2, 0.25) is 0 Å². The van der Waals surface area contributed by atoms with Gasteiger partial charge in [0, 0.05) is 16.8 Å². The monoisotopic (exact) mass is 489 g/mol. The van der Waals surface area contributed by atoms with Crippen LogP contribution in [0.25, 0.3) is 16.5 Å². The molecular formula is C29H35N3O4. The maximum atomic E-state index is 11.7.